The zero-order valence-electron chi connectivity index (χ0n) is 23.6. The average molecular weight is 522 g/mol. The van der Waals surface area contributed by atoms with Crippen molar-refractivity contribution in [2.75, 3.05) is 0 Å². The fraction of sp³-hybridized carbons (Fsp3) is 0.516. The molecule has 2 aromatic rings. The summed E-state index contributed by atoms with van der Waals surface area (Å²) in [6.45, 7) is 11.3. The van der Waals surface area contributed by atoms with Gasteiger partial charge in [0.05, 0.1) is 0 Å². The molecule has 0 spiro atoms. The highest BCUT2D eigenvalue weighted by molar-refractivity contribution is 5.92. The van der Waals surface area contributed by atoms with Crippen molar-refractivity contribution in [1.29, 1.82) is 0 Å². The van der Waals surface area contributed by atoms with Crippen LogP contribution < -0.4 is 10.6 Å². The molecule has 7 nitrogen and oxygen atoms in total. The van der Waals surface area contributed by atoms with Crippen molar-refractivity contribution in [3.05, 3.63) is 71.3 Å². The molecule has 2 aromatic carbocycles. The Morgan fingerprint density at radius 3 is 2.08 bits per heavy atom. The number of amides is 3. The number of carbonyl (C=O) groups excluding carboxylic acids is 3. The van der Waals surface area contributed by atoms with Gasteiger partial charge in [0, 0.05) is 18.5 Å². The van der Waals surface area contributed by atoms with Gasteiger partial charge >= 0.3 is 6.09 Å². The van der Waals surface area contributed by atoms with E-state index in [4.69, 9.17) is 4.74 Å². The Labute approximate surface area is 227 Å². The molecule has 3 rings (SSSR count). The summed E-state index contributed by atoms with van der Waals surface area (Å²) in [5.41, 5.74) is 2.12. The van der Waals surface area contributed by atoms with E-state index in [0.717, 1.165) is 42.4 Å². The molecule has 1 saturated carbocycles. The predicted molar refractivity (Wildman–Crippen MR) is 150 cm³/mol. The molecule has 2 atom stereocenters. The number of nitrogens with zero attached hydrogens (tertiary/aromatic N) is 1. The lowest BCUT2D eigenvalue weighted by atomic mass is 9.87. The van der Waals surface area contributed by atoms with Gasteiger partial charge in [0.2, 0.25) is 11.8 Å². The Kier molecular flexibility index (Phi) is 9.95. The van der Waals surface area contributed by atoms with Crippen molar-refractivity contribution < 1.29 is 19.1 Å². The maximum absolute atomic E-state index is 14.4. The van der Waals surface area contributed by atoms with Gasteiger partial charge in [0.15, 0.2) is 0 Å². The summed E-state index contributed by atoms with van der Waals surface area (Å²) in [6, 6.07) is 15.6. The molecule has 0 bridgehead atoms. The van der Waals surface area contributed by atoms with Crippen LogP contribution in [0.4, 0.5) is 4.79 Å². The van der Waals surface area contributed by atoms with E-state index in [9.17, 15) is 14.4 Å². The SMILES string of the molecule is CCc1ccc(C(C(=O)NC(C)C)N(C(=O)C(Cc2ccccc2)NC(=O)OC(C)(C)C)C2CCC2)cc1. The lowest BCUT2D eigenvalue weighted by Crippen LogP contribution is -2.58. The lowest BCUT2D eigenvalue weighted by molar-refractivity contribution is -0.147. The summed E-state index contributed by atoms with van der Waals surface area (Å²) in [4.78, 5) is 42.6. The van der Waals surface area contributed by atoms with Crippen LogP contribution in [0, 0.1) is 0 Å². The smallest absolute Gasteiger partial charge is 0.408 e. The molecule has 3 amide bonds. The van der Waals surface area contributed by atoms with E-state index in [-0.39, 0.29) is 30.3 Å². The number of nitrogens with one attached hydrogen (secondary N) is 2. The van der Waals surface area contributed by atoms with E-state index in [1.54, 1.807) is 25.7 Å². The summed E-state index contributed by atoms with van der Waals surface area (Å²) in [7, 11) is 0. The second-order valence-electron chi connectivity index (χ2n) is 11.4. The van der Waals surface area contributed by atoms with Gasteiger partial charge in [-0.15, -0.1) is 0 Å². The van der Waals surface area contributed by atoms with Gasteiger partial charge in [0.1, 0.15) is 17.7 Å². The molecule has 38 heavy (non-hydrogen) atoms. The fourth-order valence-corrected chi connectivity index (χ4v) is 4.60. The second-order valence-corrected chi connectivity index (χ2v) is 11.4. The van der Waals surface area contributed by atoms with Crippen LogP contribution in [0.25, 0.3) is 0 Å². The van der Waals surface area contributed by atoms with Crippen molar-refractivity contribution in [2.45, 2.75) is 103 Å². The van der Waals surface area contributed by atoms with Gasteiger partial charge < -0.3 is 20.3 Å². The number of carbonyl (C=O) groups is 3. The minimum atomic E-state index is -0.892. The van der Waals surface area contributed by atoms with Crippen LogP contribution in [0.1, 0.15) is 83.5 Å². The molecule has 1 aliphatic rings. The lowest BCUT2D eigenvalue weighted by Gasteiger charge is -2.43. The van der Waals surface area contributed by atoms with Crippen molar-refractivity contribution in [1.82, 2.24) is 15.5 Å². The zero-order chi connectivity index (χ0) is 27.9. The number of ether oxygens (including phenoxy) is 1. The summed E-state index contributed by atoms with van der Waals surface area (Å²) >= 11 is 0. The second kappa shape index (κ2) is 12.9. The Morgan fingerprint density at radius 1 is 0.947 bits per heavy atom. The minimum absolute atomic E-state index is 0.0849. The highest BCUT2D eigenvalue weighted by Crippen LogP contribution is 2.34. The first-order valence-corrected chi connectivity index (χ1v) is 13.7. The van der Waals surface area contributed by atoms with E-state index in [2.05, 4.69) is 17.6 Å². The van der Waals surface area contributed by atoms with Crippen LogP contribution in [-0.4, -0.2) is 46.5 Å². The van der Waals surface area contributed by atoms with Gasteiger partial charge in [-0.05, 0) is 77.0 Å². The molecule has 1 fully saturated rings. The molecule has 7 heteroatoms. The molecular weight excluding hydrogens is 478 g/mol. The fourth-order valence-electron chi connectivity index (χ4n) is 4.60. The highest BCUT2D eigenvalue weighted by Gasteiger charge is 2.42. The van der Waals surface area contributed by atoms with Crippen molar-refractivity contribution in [2.24, 2.45) is 0 Å². The number of hydrogen-bond acceptors (Lipinski definition) is 4. The molecular formula is C31H43N3O4. The summed E-state index contributed by atoms with van der Waals surface area (Å²) < 4.78 is 5.51. The minimum Gasteiger partial charge on any atom is -0.444 e. The van der Waals surface area contributed by atoms with Crippen molar-refractivity contribution in [3.8, 4) is 0 Å². The van der Waals surface area contributed by atoms with Gasteiger partial charge in [-0.3, -0.25) is 9.59 Å². The molecule has 0 aromatic heterocycles. The Morgan fingerprint density at radius 2 is 1.58 bits per heavy atom. The van der Waals surface area contributed by atoms with Gasteiger partial charge in [-0.1, -0.05) is 61.5 Å². The van der Waals surface area contributed by atoms with Gasteiger partial charge in [-0.25, -0.2) is 4.79 Å². The topological polar surface area (TPSA) is 87.7 Å². The molecule has 2 N–H and O–H groups in total. The average Bonchev–Trinajstić information content (AvgIpc) is 2.81. The van der Waals surface area contributed by atoms with E-state index < -0.39 is 23.8 Å². The standard InChI is InChI=1S/C31H43N3O4/c1-7-22-16-18-24(19-17-22)27(28(35)32-21(2)3)34(25-14-11-15-25)29(36)26(20-23-12-9-8-10-13-23)33-30(37)38-31(4,5)6/h8-10,12-13,16-19,21,25-27H,7,11,14-15,20H2,1-6H3,(H,32,35)(H,33,37). The molecule has 0 aliphatic heterocycles. The number of rotatable bonds is 10. The van der Waals surface area contributed by atoms with Crippen LogP contribution in [0.15, 0.2) is 54.6 Å². The summed E-state index contributed by atoms with van der Waals surface area (Å²) in [6.07, 6.45) is 3.13. The first-order valence-electron chi connectivity index (χ1n) is 13.7. The summed E-state index contributed by atoms with van der Waals surface area (Å²) in [5, 5.41) is 5.85. The number of alkyl carbamates (subject to hydrolysis) is 1. The third-order valence-electron chi connectivity index (χ3n) is 6.66. The van der Waals surface area contributed by atoms with E-state index in [1.165, 1.54) is 0 Å². The van der Waals surface area contributed by atoms with E-state index >= 15 is 0 Å². The number of hydrogen-bond donors (Lipinski definition) is 2. The van der Waals surface area contributed by atoms with Crippen LogP contribution in [0.2, 0.25) is 0 Å². The van der Waals surface area contributed by atoms with Crippen LogP contribution >= 0.6 is 0 Å². The van der Waals surface area contributed by atoms with Crippen LogP contribution in [0.5, 0.6) is 0 Å². The largest absolute Gasteiger partial charge is 0.444 e. The Balaban J connectivity index is 2.02. The number of aryl methyl sites for hydroxylation is 1. The Bertz CT molecular complexity index is 1070. The maximum atomic E-state index is 14.4. The van der Waals surface area contributed by atoms with Crippen LogP contribution in [0.3, 0.4) is 0 Å². The third kappa shape index (κ3) is 8.07. The predicted octanol–water partition coefficient (Wildman–Crippen LogP) is 5.33. The maximum Gasteiger partial charge on any atom is 0.408 e. The molecule has 1 aliphatic carbocycles. The zero-order valence-corrected chi connectivity index (χ0v) is 23.6. The van der Waals surface area contributed by atoms with Crippen molar-refractivity contribution >= 4 is 17.9 Å². The van der Waals surface area contributed by atoms with Gasteiger partial charge in [0.25, 0.3) is 0 Å². The highest BCUT2D eigenvalue weighted by atomic mass is 16.6. The first kappa shape index (κ1) is 29.2. The first-order chi connectivity index (χ1) is 18.0. The molecule has 0 radical (unpaired) electrons. The molecule has 206 valence electrons. The van der Waals surface area contributed by atoms with Crippen molar-refractivity contribution in [3.63, 3.8) is 0 Å². The quantitative estimate of drug-likeness (QED) is 0.442. The Hall–Kier alpha value is -3.35. The van der Waals surface area contributed by atoms with Crippen LogP contribution in [-0.2, 0) is 27.2 Å². The van der Waals surface area contributed by atoms with E-state index in [1.807, 2.05) is 68.4 Å². The normalized spacial score (nSPS) is 15.2. The van der Waals surface area contributed by atoms with E-state index in [0.29, 0.717) is 0 Å². The van der Waals surface area contributed by atoms with Gasteiger partial charge in [-0.2, -0.15) is 0 Å². The molecule has 2 unspecified atom stereocenters. The third-order valence-corrected chi connectivity index (χ3v) is 6.66. The number of benzene rings is 2. The summed E-state index contributed by atoms with van der Waals surface area (Å²) in [5.74, 6) is -0.506. The monoisotopic (exact) mass is 521 g/mol. The molecule has 0 heterocycles. The molecule has 0 saturated heterocycles.